The first-order valence-corrected chi connectivity index (χ1v) is 8.15. The fraction of sp³-hybridized carbons (Fsp3) is 0.611. The first-order valence-electron chi connectivity index (χ1n) is 8.15. The number of piperazine rings is 1. The van der Waals surface area contributed by atoms with Crippen LogP contribution in [0.15, 0.2) is 24.3 Å². The molecule has 1 fully saturated rings. The highest BCUT2D eigenvalue weighted by atomic mass is 16.6. The number of ether oxygens (including phenoxy) is 1. The zero-order valence-electron chi connectivity index (χ0n) is 14.6. The van der Waals surface area contributed by atoms with Gasteiger partial charge in [0.05, 0.1) is 12.6 Å². The normalized spacial score (nSPS) is 19.7. The van der Waals surface area contributed by atoms with Gasteiger partial charge in [0, 0.05) is 19.6 Å². The second-order valence-corrected chi connectivity index (χ2v) is 7.27. The van der Waals surface area contributed by atoms with Crippen molar-refractivity contribution in [3.63, 3.8) is 0 Å². The van der Waals surface area contributed by atoms with Gasteiger partial charge in [0.1, 0.15) is 5.60 Å². The van der Waals surface area contributed by atoms with Crippen LogP contribution in [0.5, 0.6) is 0 Å². The Morgan fingerprint density at radius 1 is 1.22 bits per heavy atom. The van der Waals surface area contributed by atoms with E-state index in [9.17, 15) is 4.79 Å². The number of hydrogen-bond acceptors (Lipinski definition) is 4. The minimum atomic E-state index is -0.478. The molecule has 1 aliphatic rings. The lowest BCUT2D eigenvalue weighted by molar-refractivity contribution is 0.00165. The molecule has 128 valence electrons. The number of benzene rings is 1. The Balaban J connectivity index is 2.08. The van der Waals surface area contributed by atoms with Crippen molar-refractivity contribution in [3.05, 3.63) is 35.4 Å². The maximum Gasteiger partial charge on any atom is 0.410 e. The number of amides is 1. The lowest BCUT2D eigenvalue weighted by atomic mass is 10.0. The predicted octanol–water partition coefficient (Wildman–Crippen LogP) is 2.27. The number of carbonyl (C=O) groups is 1. The predicted molar refractivity (Wildman–Crippen MR) is 90.3 cm³/mol. The summed E-state index contributed by atoms with van der Waals surface area (Å²) in [4.78, 5) is 16.6. The van der Waals surface area contributed by atoms with E-state index >= 15 is 0 Å². The van der Waals surface area contributed by atoms with Crippen molar-refractivity contribution < 1.29 is 14.6 Å². The summed E-state index contributed by atoms with van der Waals surface area (Å²) in [5.74, 6) is 0. The number of aliphatic hydroxyl groups excluding tert-OH is 1. The van der Waals surface area contributed by atoms with Crippen LogP contribution in [0.4, 0.5) is 4.79 Å². The van der Waals surface area contributed by atoms with Crippen molar-refractivity contribution in [3.8, 4) is 0 Å². The highest BCUT2D eigenvalue weighted by Gasteiger charge is 2.32. The monoisotopic (exact) mass is 320 g/mol. The highest BCUT2D eigenvalue weighted by molar-refractivity contribution is 5.68. The Morgan fingerprint density at radius 2 is 1.83 bits per heavy atom. The number of likely N-dealkylation sites (N-methyl/N-ethyl adjacent to an activating group) is 1. The molecule has 0 saturated carbocycles. The lowest BCUT2D eigenvalue weighted by Gasteiger charge is -2.40. The molecule has 5 heteroatoms. The van der Waals surface area contributed by atoms with Crippen molar-refractivity contribution >= 4 is 6.09 Å². The molecule has 0 aliphatic carbocycles. The fourth-order valence-corrected chi connectivity index (χ4v) is 2.80. The smallest absolute Gasteiger partial charge is 0.410 e. The molecule has 1 aromatic rings. The van der Waals surface area contributed by atoms with Crippen LogP contribution in [0.3, 0.4) is 0 Å². The average Bonchev–Trinajstić information content (AvgIpc) is 2.46. The molecule has 1 N–H and O–H groups in total. The quantitative estimate of drug-likeness (QED) is 0.928. The van der Waals surface area contributed by atoms with E-state index in [1.165, 1.54) is 0 Å². The van der Waals surface area contributed by atoms with Gasteiger partial charge in [-0.25, -0.2) is 4.79 Å². The standard InChI is InChI=1S/C18H28N2O3/c1-18(2,3)23-17(22)20-10-9-19(4)12-16(20)11-14-5-7-15(13-21)8-6-14/h5-8,16,21H,9-13H2,1-4H3. The van der Waals surface area contributed by atoms with Crippen molar-refractivity contribution in [1.29, 1.82) is 0 Å². The van der Waals surface area contributed by atoms with Gasteiger partial charge >= 0.3 is 6.09 Å². The molecular weight excluding hydrogens is 292 g/mol. The Hall–Kier alpha value is -1.59. The molecule has 0 radical (unpaired) electrons. The molecular formula is C18H28N2O3. The van der Waals surface area contributed by atoms with E-state index in [0.29, 0.717) is 6.54 Å². The van der Waals surface area contributed by atoms with E-state index in [2.05, 4.69) is 11.9 Å². The zero-order valence-corrected chi connectivity index (χ0v) is 14.6. The van der Waals surface area contributed by atoms with Gasteiger partial charge in [-0.1, -0.05) is 24.3 Å². The van der Waals surface area contributed by atoms with Gasteiger partial charge in [-0.3, -0.25) is 0 Å². The summed E-state index contributed by atoms with van der Waals surface area (Å²) in [6.45, 7) is 8.11. The van der Waals surface area contributed by atoms with Crippen LogP contribution in [-0.4, -0.2) is 59.3 Å². The van der Waals surface area contributed by atoms with Gasteiger partial charge in [0.15, 0.2) is 0 Å². The number of rotatable bonds is 3. The SMILES string of the molecule is CN1CCN(C(=O)OC(C)(C)C)C(Cc2ccc(CO)cc2)C1. The topological polar surface area (TPSA) is 53.0 Å². The van der Waals surface area contributed by atoms with Gasteiger partial charge in [-0.2, -0.15) is 0 Å². The lowest BCUT2D eigenvalue weighted by Crippen LogP contribution is -2.55. The number of nitrogens with zero attached hydrogens (tertiary/aromatic N) is 2. The van der Waals surface area contributed by atoms with Gasteiger partial charge in [0.25, 0.3) is 0 Å². The first kappa shape index (κ1) is 17.8. The molecule has 1 heterocycles. The van der Waals surface area contributed by atoms with Crippen molar-refractivity contribution in [2.45, 2.75) is 45.4 Å². The second-order valence-electron chi connectivity index (χ2n) is 7.27. The molecule has 2 rings (SSSR count). The second kappa shape index (κ2) is 7.32. The Kier molecular flexibility index (Phi) is 5.65. The minimum Gasteiger partial charge on any atom is -0.444 e. The average molecular weight is 320 g/mol. The van der Waals surface area contributed by atoms with E-state index in [1.807, 2.05) is 49.9 Å². The molecule has 23 heavy (non-hydrogen) atoms. The van der Waals surface area contributed by atoms with Gasteiger partial charge in [0.2, 0.25) is 0 Å². The fourth-order valence-electron chi connectivity index (χ4n) is 2.80. The third kappa shape index (κ3) is 5.22. The summed E-state index contributed by atoms with van der Waals surface area (Å²) in [5, 5.41) is 9.13. The van der Waals surface area contributed by atoms with Gasteiger partial charge in [-0.15, -0.1) is 0 Å². The van der Waals surface area contributed by atoms with Crippen LogP contribution in [0.1, 0.15) is 31.9 Å². The van der Waals surface area contributed by atoms with Crippen molar-refractivity contribution in [1.82, 2.24) is 9.80 Å². The largest absolute Gasteiger partial charge is 0.444 e. The number of hydrogen-bond donors (Lipinski definition) is 1. The molecule has 1 amide bonds. The molecule has 0 spiro atoms. The van der Waals surface area contributed by atoms with Crippen LogP contribution in [0.25, 0.3) is 0 Å². The van der Waals surface area contributed by atoms with Gasteiger partial charge in [-0.05, 0) is 45.4 Å². The summed E-state index contributed by atoms with van der Waals surface area (Å²) in [6, 6.07) is 8.00. The van der Waals surface area contributed by atoms with Gasteiger partial charge < -0.3 is 19.6 Å². The van der Waals surface area contributed by atoms with E-state index in [4.69, 9.17) is 9.84 Å². The van der Waals surface area contributed by atoms with Crippen LogP contribution in [-0.2, 0) is 17.8 Å². The molecule has 1 saturated heterocycles. The summed E-state index contributed by atoms with van der Waals surface area (Å²) in [5.41, 5.74) is 1.59. The molecule has 0 aromatic heterocycles. The van der Waals surface area contributed by atoms with E-state index in [1.54, 1.807) is 0 Å². The Bertz CT molecular complexity index is 522. The molecule has 1 atom stereocenters. The molecule has 5 nitrogen and oxygen atoms in total. The maximum absolute atomic E-state index is 12.5. The Morgan fingerprint density at radius 3 is 2.39 bits per heavy atom. The minimum absolute atomic E-state index is 0.0521. The van der Waals surface area contributed by atoms with Crippen LogP contribution in [0.2, 0.25) is 0 Å². The third-order valence-electron chi connectivity index (χ3n) is 3.99. The first-order chi connectivity index (χ1) is 10.8. The zero-order chi connectivity index (χ0) is 17.0. The summed E-state index contributed by atoms with van der Waals surface area (Å²) in [7, 11) is 2.08. The van der Waals surface area contributed by atoms with E-state index < -0.39 is 5.60 Å². The maximum atomic E-state index is 12.5. The number of carbonyl (C=O) groups excluding carboxylic acids is 1. The molecule has 1 unspecified atom stereocenters. The molecule has 0 bridgehead atoms. The van der Waals surface area contributed by atoms with Crippen LogP contribution in [0, 0.1) is 0 Å². The van der Waals surface area contributed by atoms with Crippen molar-refractivity contribution in [2.75, 3.05) is 26.7 Å². The summed E-state index contributed by atoms with van der Waals surface area (Å²) in [6.07, 6.45) is 0.553. The van der Waals surface area contributed by atoms with Crippen LogP contribution >= 0.6 is 0 Å². The van der Waals surface area contributed by atoms with E-state index in [0.717, 1.165) is 30.6 Å². The molecule has 1 aromatic carbocycles. The summed E-state index contributed by atoms with van der Waals surface area (Å²) < 4.78 is 5.55. The van der Waals surface area contributed by atoms with Crippen LogP contribution < -0.4 is 0 Å². The third-order valence-corrected chi connectivity index (χ3v) is 3.99. The molecule has 1 aliphatic heterocycles. The number of aliphatic hydroxyl groups is 1. The van der Waals surface area contributed by atoms with E-state index in [-0.39, 0.29) is 18.7 Å². The summed E-state index contributed by atoms with van der Waals surface area (Å²) >= 11 is 0. The Labute approximate surface area is 138 Å². The highest BCUT2D eigenvalue weighted by Crippen LogP contribution is 2.18. The van der Waals surface area contributed by atoms with Crippen molar-refractivity contribution in [2.24, 2.45) is 0 Å².